The minimum Gasteiger partial charge on any atom is -0.294 e. The first kappa shape index (κ1) is 8.41. The second-order valence-corrected chi connectivity index (χ2v) is 4.71. The van der Waals surface area contributed by atoms with Crippen molar-refractivity contribution in [3.05, 3.63) is 0 Å². The zero-order chi connectivity index (χ0) is 9.76. The van der Waals surface area contributed by atoms with E-state index >= 15 is 0 Å². The van der Waals surface area contributed by atoms with Crippen LogP contribution in [-0.4, -0.2) is 35.3 Å². The third kappa shape index (κ3) is 1.17. The van der Waals surface area contributed by atoms with Crippen LogP contribution in [0.4, 0.5) is 0 Å². The highest BCUT2D eigenvalue weighted by atomic mass is 16.2. The molecule has 0 atom stereocenters. The van der Waals surface area contributed by atoms with E-state index in [1.54, 1.807) is 0 Å². The number of carbonyl (C=O) groups excluding carboxylic acids is 2. The summed E-state index contributed by atoms with van der Waals surface area (Å²) in [6.07, 6.45) is 4.93. The molecule has 0 bridgehead atoms. The fourth-order valence-corrected chi connectivity index (χ4v) is 2.68. The Balaban J connectivity index is 1.77. The SMILES string of the molecule is O=C1CN(C2(C3CC3)CC2)CC(=O)N1. The molecule has 0 radical (unpaired) electrons. The topological polar surface area (TPSA) is 49.4 Å². The molecule has 2 aliphatic carbocycles. The van der Waals surface area contributed by atoms with Crippen molar-refractivity contribution in [1.29, 1.82) is 0 Å². The number of nitrogens with zero attached hydrogens (tertiary/aromatic N) is 1. The van der Waals surface area contributed by atoms with Crippen LogP contribution in [0.15, 0.2) is 0 Å². The van der Waals surface area contributed by atoms with Gasteiger partial charge in [0.05, 0.1) is 13.1 Å². The van der Waals surface area contributed by atoms with Crippen molar-refractivity contribution < 1.29 is 9.59 Å². The molecule has 2 amide bonds. The predicted molar refractivity (Wildman–Crippen MR) is 49.4 cm³/mol. The van der Waals surface area contributed by atoms with Crippen molar-refractivity contribution >= 4 is 11.8 Å². The Hall–Kier alpha value is -0.900. The van der Waals surface area contributed by atoms with Crippen molar-refractivity contribution in [3.63, 3.8) is 0 Å². The van der Waals surface area contributed by atoms with E-state index in [0.717, 1.165) is 5.92 Å². The molecule has 1 saturated heterocycles. The van der Waals surface area contributed by atoms with Gasteiger partial charge in [-0.3, -0.25) is 19.8 Å². The summed E-state index contributed by atoms with van der Waals surface area (Å²) in [5, 5.41) is 2.35. The maximum atomic E-state index is 11.2. The molecule has 2 saturated carbocycles. The molecular weight excluding hydrogens is 180 g/mol. The third-order valence-corrected chi connectivity index (χ3v) is 3.68. The Bertz CT molecular complexity index is 289. The lowest BCUT2D eigenvalue weighted by Crippen LogP contribution is -2.56. The van der Waals surface area contributed by atoms with Crippen LogP contribution in [0.3, 0.4) is 0 Å². The van der Waals surface area contributed by atoms with E-state index in [1.165, 1.54) is 25.7 Å². The lowest BCUT2D eigenvalue weighted by molar-refractivity contribution is -0.137. The normalized spacial score (nSPS) is 31.4. The number of hydrogen-bond donors (Lipinski definition) is 1. The van der Waals surface area contributed by atoms with Crippen LogP contribution < -0.4 is 5.32 Å². The van der Waals surface area contributed by atoms with Gasteiger partial charge in [0.15, 0.2) is 0 Å². The van der Waals surface area contributed by atoms with Gasteiger partial charge in [0, 0.05) is 5.54 Å². The summed E-state index contributed by atoms with van der Waals surface area (Å²) in [5.74, 6) is 0.502. The molecule has 0 aromatic carbocycles. The summed E-state index contributed by atoms with van der Waals surface area (Å²) in [7, 11) is 0. The van der Waals surface area contributed by atoms with Gasteiger partial charge in [-0.1, -0.05) is 0 Å². The standard InChI is InChI=1S/C10H14N2O2/c13-8-5-12(6-9(14)11-8)10(3-4-10)7-1-2-7/h7H,1-6H2,(H,11,13,14). The van der Waals surface area contributed by atoms with Crippen LogP contribution in [0, 0.1) is 5.92 Å². The Morgan fingerprint density at radius 2 is 1.71 bits per heavy atom. The number of amides is 2. The van der Waals surface area contributed by atoms with Gasteiger partial charge >= 0.3 is 0 Å². The lowest BCUT2D eigenvalue weighted by atomic mass is 10.1. The first-order valence-electron chi connectivity index (χ1n) is 5.28. The Kier molecular flexibility index (Phi) is 1.54. The van der Waals surface area contributed by atoms with Crippen molar-refractivity contribution in [2.24, 2.45) is 5.92 Å². The van der Waals surface area contributed by atoms with Crippen LogP contribution in [0.5, 0.6) is 0 Å². The molecule has 1 heterocycles. The summed E-state index contributed by atoms with van der Waals surface area (Å²) in [6, 6.07) is 0. The lowest BCUT2D eigenvalue weighted by Gasteiger charge is -2.33. The molecule has 0 spiro atoms. The van der Waals surface area contributed by atoms with Crippen molar-refractivity contribution in [2.75, 3.05) is 13.1 Å². The average Bonchev–Trinajstić information content (AvgIpc) is 2.98. The van der Waals surface area contributed by atoms with Gasteiger partial charge in [0.1, 0.15) is 0 Å². The third-order valence-electron chi connectivity index (χ3n) is 3.68. The van der Waals surface area contributed by atoms with Crippen molar-refractivity contribution in [3.8, 4) is 0 Å². The number of piperazine rings is 1. The van der Waals surface area contributed by atoms with E-state index in [9.17, 15) is 9.59 Å². The zero-order valence-electron chi connectivity index (χ0n) is 8.08. The van der Waals surface area contributed by atoms with Crippen LogP contribution in [0.1, 0.15) is 25.7 Å². The molecule has 76 valence electrons. The van der Waals surface area contributed by atoms with Gasteiger partial charge in [-0.15, -0.1) is 0 Å². The molecular formula is C10H14N2O2. The molecule has 3 fully saturated rings. The largest absolute Gasteiger partial charge is 0.294 e. The van der Waals surface area contributed by atoms with E-state index in [2.05, 4.69) is 10.2 Å². The highest BCUT2D eigenvalue weighted by Gasteiger charge is 2.58. The van der Waals surface area contributed by atoms with Gasteiger partial charge in [-0.05, 0) is 31.6 Å². The number of nitrogens with one attached hydrogen (secondary N) is 1. The van der Waals surface area contributed by atoms with E-state index in [0.29, 0.717) is 13.1 Å². The van der Waals surface area contributed by atoms with E-state index in [4.69, 9.17) is 0 Å². The Labute approximate surface area is 82.6 Å². The second kappa shape index (κ2) is 2.57. The Morgan fingerprint density at radius 1 is 1.14 bits per heavy atom. The van der Waals surface area contributed by atoms with Crippen LogP contribution in [0.2, 0.25) is 0 Å². The minimum atomic E-state index is -0.131. The fraction of sp³-hybridized carbons (Fsp3) is 0.800. The first-order chi connectivity index (χ1) is 6.71. The van der Waals surface area contributed by atoms with Gasteiger partial charge in [0.2, 0.25) is 11.8 Å². The molecule has 3 rings (SSSR count). The molecule has 3 aliphatic rings. The second-order valence-electron chi connectivity index (χ2n) is 4.71. The van der Waals surface area contributed by atoms with Gasteiger partial charge in [-0.2, -0.15) is 0 Å². The van der Waals surface area contributed by atoms with Crippen LogP contribution in [-0.2, 0) is 9.59 Å². The molecule has 4 nitrogen and oxygen atoms in total. The molecule has 1 N–H and O–H groups in total. The first-order valence-corrected chi connectivity index (χ1v) is 5.28. The van der Waals surface area contributed by atoms with Crippen molar-refractivity contribution in [1.82, 2.24) is 10.2 Å². The van der Waals surface area contributed by atoms with Gasteiger partial charge in [0.25, 0.3) is 0 Å². The van der Waals surface area contributed by atoms with E-state index in [1.807, 2.05) is 0 Å². The molecule has 14 heavy (non-hydrogen) atoms. The monoisotopic (exact) mass is 194 g/mol. The predicted octanol–water partition coefficient (Wildman–Crippen LogP) is -0.113. The summed E-state index contributed by atoms with van der Waals surface area (Å²) < 4.78 is 0. The summed E-state index contributed by atoms with van der Waals surface area (Å²) in [5.41, 5.74) is 0.243. The quantitative estimate of drug-likeness (QED) is 0.624. The average molecular weight is 194 g/mol. The molecule has 0 aromatic rings. The number of carbonyl (C=O) groups is 2. The summed E-state index contributed by atoms with van der Waals surface area (Å²) in [6.45, 7) is 0.838. The zero-order valence-corrected chi connectivity index (χ0v) is 8.08. The molecule has 0 unspecified atom stereocenters. The number of rotatable bonds is 2. The van der Waals surface area contributed by atoms with E-state index < -0.39 is 0 Å². The summed E-state index contributed by atoms with van der Waals surface area (Å²) in [4.78, 5) is 24.6. The fourth-order valence-electron chi connectivity index (χ4n) is 2.68. The molecule has 1 aliphatic heterocycles. The molecule has 0 aromatic heterocycles. The van der Waals surface area contributed by atoms with Gasteiger partial charge < -0.3 is 0 Å². The number of hydrogen-bond acceptors (Lipinski definition) is 3. The smallest absolute Gasteiger partial charge is 0.240 e. The molecule has 4 heteroatoms. The maximum Gasteiger partial charge on any atom is 0.240 e. The van der Waals surface area contributed by atoms with Crippen LogP contribution in [0.25, 0.3) is 0 Å². The Morgan fingerprint density at radius 3 is 2.14 bits per heavy atom. The summed E-state index contributed by atoms with van der Waals surface area (Å²) >= 11 is 0. The number of imide groups is 1. The minimum absolute atomic E-state index is 0.131. The highest BCUT2D eigenvalue weighted by molar-refractivity contribution is 5.99. The van der Waals surface area contributed by atoms with Crippen molar-refractivity contribution in [2.45, 2.75) is 31.2 Å². The van der Waals surface area contributed by atoms with Crippen LogP contribution >= 0.6 is 0 Å². The van der Waals surface area contributed by atoms with E-state index in [-0.39, 0.29) is 17.4 Å². The maximum absolute atomic E-state index is 11.2. The van der Waals surface area contributed by atoms with Gasteiger partial charge in [-0.25, -0.2) is 0 Å². The highest BCUT2D eigenvalue weighted by Crippen LogP contribution is 2.57.